The Morgan fingerprint density at radius 3 is 1.96 bits per heavy atom. The van der Waals surface area contributed by atoms with Crippen LogP contribution in [0.1, 0.15) is 53.4 Å². The molecule has 0 fully saturated rings. The van der Waals surface area contributed by atoms with Gasteiger partial charge in [-0.3, -0.25) is 14.4 Å². The van der Waals surface area contributed by atoms with Gasteiger partial charge in [0.2, 0.25) is 11.8 Å². The highest BCUT2D eigenvalue weighted by Gasteiger charge is 2.28. The number of nitrogens with one attached hydrogen (secondary N) is 2. The van der Waals surface area contributed by atoms with E-state index in [-0.39, 0.29) is 47.7 Å². The fourth-order valence-electron chi connectivity index (χ4n) is 2.45. The van der Waals surface area contributed by atoms with Gasteiger partial charge in [0.1, 0.15) is 6.04 Å². The van der Waals surface area contributed by atoms with Crippen molar-refractivity contribution in [3.63, 3.8) is 0 Å². The van der Waals surface area contributed by atoms with E-state index >= 15 is 0 Å². The predicted octanol–water partition coefficient (Wildman–Crippen LogP) is 1.34. The lowest BCUT2D eigenvalue weighted by atomic mass is 9.99. The molecule has 0 radical (unpaired) electrons. The lowest BCUT2D eigenvalue weighted by Crippen LogP contribution is -2.55. The van der Waals surface area contributed by atoms with Gasteiger partial charge in [0.15, 0.2) is 5.78 Å². The van der Waals surface area contributed by atoms with E-state index in [9.17, 15) is 14.4 Å². The molecule has 0 bridgehead atoms. The molecular formula is C18H36Cl2N4O3. The highest BCUT2D eigenvalue weighted by molar-refractivity contribution is 6.28. The average Bonchev–Trinajstić information content (AvgIpc) is 2.58. The SMILES string of the molecule is CC(C)C[C@H](NC(=O)[C@H](N)C(C)C)C(=O)N[C@@H](CCCCN)C(=O)CCl.Cl. The predicted molar refractivity (Wildman–Crippen MR) is 112 cm³/mol. The summed E-state index contributed by atoms with van der Waals surface area (Å²) < 4.78 is 0. The highest BCUT2D eigenvalue weighted by Crippen LogP contribution is 2.09. The molecule has 160 valence electrons. The van der Waals surface area contributed by atoms with Crippen LogP contribution in [0.3, 0.4) is 0 Å². The van der Waals surface area contributed by atoms with Gasteiger partial charge in [0.25, 0.3) is 0 Å². The number of ketones is 1. The Hall–Kier alpha value is -0.890. The maximum absolute atomic E-state index is 12.7. The molecule has 0 aromatic rings. The minimum Gasteiger partial charge on any atom is -0.344 e. The molecule has 0 heterocycles. The number of carbonyl (C=O) groups is 3. The smallest absolute Gasteiger partial charge is 0.243 e. The Morgan fingerprint density at radius 2 is 1.52 bits per heavy atom. The van der Waals surface area contributed by atoms with Crippen LogP contribution in [0.4, 0.5) is 0 Å². The molecule has 0 spiro atoms. The molecule has 27 heavy (non-hydrogen) atoms. The summed E-state index contributed by atoms with van der Waals surface area (Å²) >= 11 is 5.66. The minimum atomic E-state index is -0.743. The van der Waals surface area contributed by atoms with Gasteiger partial charge in [-0.25, -0.2) is 0 Å². The normalized spacial score (nSPS) is 14.3. The molecule has 0 aromatic carbocycles. The van der Waals surface area contributed by atoms with Crippen molar-refractivity contribution >= 4 is 41.6 Å². The summed E-state index contributed by atoms with van der Waals surface area (Å²) in [4.78, 5) is 37.0. The van der Waals surface area contributed by atoms with E-state index in [0.29, 0.717) is 25.8 Å². The van der Waals surface area contributed by atoms with Crippen LogP contribution in [-0.4, -0.2) is 48.1 Å². The second kappa shape index (κ2) is 15.1. The van der Waals surface area contributed by atoms with Crippen molar-refractivity contribution in [2.45, 2.75) is 71.5 Å². The van der Waals surface area contributed by atoms with Crippen molar-refractivity contribution in [2.75, 3.05) is 12.4 Å². The Bertz CT molecular complexity index is 462. The molecular weight excluding hydrogens is 391 g/mol. The summed E-state index contributed by atoms with van der Waals surface area (Å²) in [5.74, 6) is -1.04. The molecule has 6 N–H and O–H groups in total. The molecule has 9 heteroatoms. The number of carbonyl (C=O) groups excluding carboxylic acids is 3. The standard InChI is InChI=1S/C18H35ClN4O3.ClH/c1-11(2)9-14(23-18(26)16(21)12(3)4)17(25)22-13(15(24)10-19)7-5-6-8-20;/h11-14,16H,5-10,20-21H2,1-4H3,(H,22,25)(H,23,26);1H/t13-,14-,16+;/m0./s1. The second-order valence-electron chi connectivity index (χ2n) is 7.41. The quantitative estimate of drug-likeness (QED) is 0.261. The van der Waals surface area contributed by atoms with Crippen molar-refractivity contribution < 1.29 is 14.4 Å². The topological polar surface area (TPSA) is 127 Å². The van der Waals surface area contributed by atoms with Crippen LogP contribution < -0.4 is 22.1 Å². The number of unbranched alkanes of at least 4 members (excludes halogenated alkanes) is 1. The molecule has 2 amide bonds. The zero-order chi connectivity index (χ0) is 20.3. The summed E-state index contributed by atoms with van der Waals surface area (Å²) in [6.07, 6.45) is 2.40. The molecule has 0 aliphatic carbocycles. The van der Waals surface area contributed by atoms with Crippen molar-refractivity contribution in [1.82, 2.24) is 10.6 Å². The summed E-state index contributed by atoms with van der Waals surface area (Å²) in [7, 11) is 0. The van der Waals surface area contributed by atoms with Crippen LogP contribution >= 0.6 is 24.0 Å². The van der Waals surface area contributed by atoms with Crippen LogP contribution in [0.25, 0.3) is 0 Å². The van der Waals surface area contributed by atoms with Gasteiger partial charge in [-0.15, -0.1) is 24.0 Å². The monoisotopic (exact) mass is 426 g/mol. The Balaban J connectivity index is 0. The summed E-state index contributed by atoms with van der Waals surface area (Å²) in [6, 6.07) is -2.10. The van der Waals surface area contributed by atoms with Crippen LogP contribution in [0.15, 0.2) is 0 Å². The molecule has 0 aliphatic heterocycles. The highest BCUT2D eigenvalue weighted by atomic mass is 35.5. The lowest BCUT2D eigenvalue weighted by Gasteiger charge is -2.25. The van der Waals surface area contributed by atoms with E-state index < -0.39 is 18.1 Å². The number of hydrogen-bond acceptors (Lipinski definition) is 5. The zero-order valence-corrected chi connectivity index (χ0v) is 18.4. The van der Waals surface area contributed by atoms with E-state index in [1.165, 1.54) is 0 Å². The number of nitrogens with two attached hydrogens (primary N) is 2. The van der Waals surface area contributed by atoms with Crippen molar-refractivity contribution in [2.24, 2.45) is 23.3 Å². The Morgan fingerprint density at radius 1 is 0.963 bits per heavy atom. The maximum Gasteiger partial charge on any atom is 0.243 e. The van der Waals surface area contributed by atoms with Crippen LogP contribution in [0.5, 0.6) is 0 Å². The van der Waals surface area contributed by atoms with Crippen LogP contribution in [0.2, 0.25) is 0 Å². The minimum absolute atomic E-state index is 0. The largest absolute Gasteiger partial charge is 0.344 e. The number of Topliss-reactive ketones (excluding diaryl/α,β-unsaturated/α-hetero) is 1. The molecule has 0 rings (SSSR count). The molecule has 0 saturated carbocycles. The third-order valence-electron chi connectivity index (χ3n) is 4.14. The number of alkyl halides is 1. The van der Waals surface area contributed by atoms with Crippen molar-refractivity contribution in [3.05, 3.63) is 0 Å². The van der Waals surface area contributed by atoms with Gasteiger partial charge in [0.05, 0.1) is 18.0 Å². The van der Waals surface area contributed by atoms with Gasteiger partial charge in [-0.05, 0) is 44.1 Å². The van der Waals surface area contributed by atoms with Gasteiger partial charge >= 0.3 is 0 Å². The Kier molecular flexibility index (Phi) is 15.8. The van der Waals surface area contributed by atoms with E-state index in [1.807, 2.05) is 27.7 Å². The van der Waals surface area contributed by atoms with Crippen LogP contribution in [-0.2, 0) is 14.4 Å². The summed E-state index contributed by atoms with van der Waals surface area (Å²) in [5.41, 5.74) is 11.3. The van der Waals surface area contributed by atoms with Gasteiger partial charge < -0.3 is 22.1 Å². The average molecular weight is 427 g/mol. The first-order valence-corrected chi connectivity index (χ1v) is 9.82. The third-order valence-corrected chi connectivity index (χ3v) is 4.41. The molecule has 0 aliphatic rings. The maximum atomic E-state index is 12.7. The van der Waals surface area contributed by atoms with E-state index in [0.717, 1.165) is 6.42 Å². The number of halogens is 2. The first-order valence-electron chi connectivity index (χ1n) is 9.29. The molecule has 0 unspecified atom stereocenters. The zero-order valence-electron chi connectivity index (χ0n) is 16.8. The Labute approximate surface area is 174 Å². The molecule has 3 atom stereocenters. The summed E-state index contributed by atoms with van der Waals surface area (Å²) in [5, 5.41) is 5.45. The lowest BCUT2D eigenvalue weighted by molar-refractivity contribution is -0.132. The second-order valence-corrected chi connectivity index (χ2v) is 7.67. The van der Waals surface area contributed by atoms with E-state index in [4.69, 9.17) is 23.1 Å². The van der Waals surface area contributed by atoms with E-state index in [1.54, 1.807) is 0 Å². The van der Waals surface area contributed by atoms with Gasteiger partial charge in [0, 0.05) is 0 Å². The fourth-order valence-corrected chi connectivity index (χ4v) is 2.63. The summed E-state index contributed by atoms with van der Waals surface area (Å²) in [6.45, 7) is 8.12. The number of rotatable bonds is 13. The van der Waals surface area contributed by atoms with Crippen molar-refractivity contribution in [1.29, 1.82) is 0 Å². The third kappa shape index (κ3) is 11.5. The van der Waals surface area contributed by atoms with E-state index in [2.05, 4.69) is 10.6 Å². The molecule has 0 saturated heterocycles. The van der Waals surface area contributed by atoms with Gasteiger partial charge in [-0.2, -0.15) is 0 Å². The van der Waals surface area contributed by atoms with Crippen molar-refractivity contribution in [3.8, 4) is 0 Å². The molecule has 0 aromatic heterocycles. The first kappa shape index (κ1) is 28.3. The molecule has 7 nitrogen and oxygen atoms in total. The van der Waals surface area contributed by atoms with Crippen LogP contribution in [0, 0.1) is 11.8 Å². The first-order chi connectivity index (χ1) is 12.1. The fraction of sp³-hybridized carbons (Fsp3) is 0.833. The number of amides is 2. The number of hydrogen-bond donors (Lipinski definition) is 4. The van der Waals surface area contributed by atoms with Gasteiger partial charge in [-0.1, -0.05) is 27.7 Å².